The Bertz CT molecular complexity index is 1390. The maximum atomic E-state index is 3.65. The summed E-state index contributed by atoms with van der Waals surface area (Å²) < 4.78 is 1.80. The van der Waals surface area contributed by atoms with Gasteiger partial charge in [0.25, 0.3) is 0 Å². The molecule has 1 unspecified atom stereocenters. The maximum absolute atomic E-state index is 3.65. The average Bonchev–Trinajstić information content (AvgIpc) is 3.52. The van der Waals surface area contributed by atoms with Crippen molar-refractivity contribution in [3.8, 4) is 11.1 Å². The number of hydrogen-bond acceptors (Lipinski definition) is 0. The minimum absolute atomic E-state index is 0.0340. The number of benzene rings is 2. The van der Waals surface area contributed by atoms with E-state index in [9.17, 15) is 0 Å². The Morgan fingerprint density at radius 1 is 0.725 bits per heavy atom. The van der Waals surface area contributed by atoms with Gasteiger partial charge in [-0.2, -0.15) is 11.6 Å². The molecule has 206 valence electrons. The van der Waals surface area contributed by atoms with E-state index in [1.54, 1.807) is 27.4 Å². The Kier molecular flexibility index (Phi) is 8.22. The van der Waals surface area contributed by atoms with Crippen molar-refractivity contribution in [3.63, 3.8) is 0 Å². The summed E-state index contributed by atoms with van der Waals surface area (Å²) in [7, 11) is 0. The Morgan fingerprint density at radius 3 is 1.82 bits per heavy atom. The van der Waals surface area contributed by atoms with Crippen molar-refractivity contribution in [1.29, 1.82) is 0 Å². The zero-order valence-electron chi connectivity index (χ0n) is 26.3. The van der Waals surface area contributed by atoms with Gasteiger partial charge in [-0.25, -0.2) is 16.7 Å². The van der Waals surface area contributed by atoms with E-state index in [2.05, 4.69) is 111 Å². The second kappa shape index (κ2) is 11.1. The van der Waals surface area contributed by atoms with Gasteiger partial charge in [0, 0.05) is 5.41 Å². The van der Waals surface area contributed by atoms with Crippen LogP contribution >= 0.6 is 0 Å². The molecule has 0 heterocycles. The molecule has 1 saturated carbocycles. The molecule has 2 aromatic carbocycles. The van der Waals surface area contributed by atoms with Gasteiger partial charge in [0.1, 0.15) is 0 Å². The van der Waals surface area contributed by atoms with Crippen LogP contribution in [0.3, 0.4) is 0 Å². The Labute approximate surface area is 259 Å². The molecular formula is C39H46Zr. The Hall–Kier alpha value is -1.85. The van der Waals surface area contributed by atoms with Crippen LogP contribution in [-0.2, 0) is 41.5 Å². The summed E-state index contributed by atoms with van der Waals surface area (Å²) in [6, 6.07) is 9.81. The summed E-state index contributed by atoms with van der Waals surface area (Å²) in [5.41, 5.74) is 17.3. The normalized spacial score (nSPS) is 22.4. The van der Waals surface area contributed by atoms with Crippen molar-refractivity contribution in [2.24, 2.45) is 5.92 Å². The Morgan fingerprint density at radius 2 is 1.32 bits per heavy atom. The van der Waals surface area contributed by atoms with E-state index in [4.69, 9.17) is 0 Å². The molecule has 0 aliphatic heterocycles. The fourth-order valence-electron chi connectivity index (χ4n) is 7.25. The minimum atomic E-state index is 0.0340. The molecule has 7 rings (SSSR count). The molecular weight excluding hydrogens is 560 g/mol. The van der Waals surface area contributed by atoms with E-state index < -0.39 is 0 Å². The summed E-state index contributed by atoms with van der Waals surface area (Å²) in [5, 5.41) is 0. The monoisotopic (exact) mass is 604 g/mol. The summed E-state index contributed by atoms with van der Waals surface area (Å²) >= 11 is 1.69. The molecule has 5 aliphatic rings. The zero-order chi connectivity index (χ0) is 29.0. The first kappa shape index (κ1) is 29.6. The summed E-state index contributed by atoms with van der Waals surface area (Å²) in [4.78, 5) is 0. The van der Waals surface area contributed by atoms with Gasteiger partial charge in [-0.15, -0.1) is 18.6 Å². The van der Waals surface area contributed by atoms with E-state index >= 15 is 0 Å². The summed E-state index contributed by atoms with van der Waals surface area (Å²) in [6.07, 6.45) is 20.0. The van der Waals surface area contributed by atoms with Crippen molar-refractivity contribution in [1.82, 2.24) is 0 Å². The molecule has 1 heteroatoms. The van der Waals surface area contributed by atoms with Crippen molar-refractivity contribution < 1.29 is 24.2 Å². The molecule has 2 aromatic rings. The second-order valence-corrected chi connectivity index (χ2v) is 15.5. The molecule has 1 fully saturated rings. The fraction of sp³-hybridized carbons (Fsp3) is 0.462. The molecule has 0 N–H and O–H groups in total. The molecule has 40 heavy (non-hydrogen) atoms. The van der Waals surface area contributed by atoms with Crippen LogP contribution in [-0.4, -0.2) is 3.21 Å². The molecule has 5 aliphatic carbocycles. The molecule has 0 saturated heterocycles. The predicted molar refractivity (Wildman–Crippen MR) is 170 cm³/mol. The van der Waals surface area contributed by atoms with Crippen LogP contribution < -0.4 is 0 Å². The third-order valence-corrected chi connectivity index (χ3v) is 10.7. The second-order valence-electron chi connectivity index (χ2n) is 13.8. The van der Waals surface area contributed by atoms with Gasteiger partial charge < -0.3 is 0 Å². The SMILES string of the molecule is CC1=[C-]C(C)(C)c2cc3c(cc21)-c1cc2c(cc1C3)C(C)(C)C=C2C.CC1=[C-]C(C)C=C1C.[Zr+2]=[C]1CCCCC1. The molecule has 0 bridgehead atoms. The predicted octanol–water partition coefficient (Wildman–Crippen LogP) is 10.5. The number of hydrogen-bond donors (Lipinski definition) is 0. The number of fused-ring (bicyclic) bond motifs is 5. The molecule has 1 atom stereocenters. The van der Waals surface area contributed by atoms with Gasteiger partial charge in [-0.05, 0) is 58.4 Å². The van der Waals surface area contributed by atoms with Gasteiger partial charge >= 0.3 is 59.5 Å². The van der Waals surface area contributed by atoms with Crippen molar-refractivity contribution in [3.05, 3.63) is 93.1 Å². The molecule has 0 aromatic heterocycles. The van der Waals surface area contributed by atoms with Crippen LogP contribution in [0, 0.1) is 18.1 Å². The van der Waals surface area contributed by atoms with Gasteiger partial charge in [0.15, 0.2) is 0 Å². The van der Waals surface area contributed by atoms with Crippen molar-refractivity contribution in [2.75, 3.05) is 0 Å². The van der Waals surface area contributed by atoms with Crippen LogP contribution in [0.1, 0.15) is 128 Å². The van der Waals surface area contributed by atoms with Gasteiger partial charge in [-0.3, -0.25) is 12.2 Å². The van der Waals surface area contributed by atoms with Crippen LogP contribution in [0.25, 0.3) is 22.3 Å². The van der Waals surface area contributed by atoms with Gasteiger partial charge in [0.2, 0.25) is 0 Å². The van der Waals surface area contributed by atoms with Crippen molar-refractivity contribution >= 4 is 14.4 Å². The van der Waals surface area contributed by atoms with Crippen LogP contribution in [0.4, 0.5) is 0 Å². The first-order valence-corrected chi connectivity index (χ1v) is 16.5. The van der Waals surface area contributed by atoms with Crippen molar-refractivity contribution in [2.45, 2.75) is 112 Å². The fourth-order valence-corrected chi connectivity index (χ4v) is 8.12. The third kappa shape index (κ3) is 5.75. The van der Waals surface area contributed by atoms with Gasteiger partial charge in [0.05, 0.1) is 0 Å². The molecule has 0 radical (unpaired) electrons. The van der Waals surface area contributed by atoms with Gasteiger partial charge in [-0.1, -0.05) is 78.0 Å². The topological polar surface area (TPSA) is 0 Å². The Balaban J connectivity index is 0.000000176. The molecule has 0 nitrogen and oxygen atoms in total. The summed E-state index contributed by atoms with van der Waals surface area (Å²) in [6.45, 7) is 20.1. The van der Waals surface area contributed by atoms with E-state index in [1.165, 1.54) is 98.9 Å². The van der Waals surface area contributed by atoms with E-state index in [1.807, 2.05) is 0 Å². The van der Waals surface area contributed by atoms with Crippen LogP contribution in [0.5, 0.6) is 0 Å². The zero-order valence-corrected chi connectivity index (χ0v) is 28.7. The first-order chi connectivity index (χ1) is 18.8. The van der Waals surface area contributed by atoms with Crippen LogP contribution in [0.15, 0.2) is 47.6 Å². The third-order valence-electron chi connectivity index (χ3n) is 9.42. The summed E-state index contributed by atoms with van der Waals surface area (Å²) in [5.74, 6) is 0.551. The quantitative estimate of drug-likeness (QED) is 0.224. The first-order valence-electron chi connectivity index (χ1n) is 15.3. The van der Waals surface area contributed by atoms with E-state index in [-0.39, 0.29) is 10.8 Å². The standard InChI is InChI=1S/C25H25.C8H11.C6H10.Zr/c1-14-12-24(3,4)22-8-16-7-17-9-23-19(15(2)13-25(23,5)6)11-21(17)20(16)10-18(14)22;1-6-4-7(2)8(3)5-6;1-2-4-6-5-3-1;/h8-12H,7H2,1-6H3;4,6H,1-3H3;1-5H2;/q2*-1;;+2. The number of allylic oxidation sites excluding steroid dienone is 8. The van der Waals surface area contributed by atoms with E-state index in [0.717, 1.165) is 6.42 Å². The van der Waals surface area contributed by atoms with Crippen LogP contribution in [0.2, 0.25) is 0 Å². The van der Waals surface area contributed by atoms with E-state index in [0.29, 0.717) is 5.92 Å². The average molecular weight is 606 g/mol. The number of rotatable bonds is 0. The molecule has 0 spiro atoms. The molecule has 0 amide bonds.